The molecule has 0 aromatic heterocycles. The molecule has 1 N–H and O–H groups in total. The van der Waals surface area contributed by atoms with E-state index in [9.17, 15) is 4.79 Å². The molecule has 6 heteroatoms. The van der Waals surface area contributed by atoms with E-state index in [1.807, 2.05) is 30.3 Å². The Hall–Kier alpha value is -3.80. The first-order valence-electron chi connectivity index (χ1n) is 10.5. The lowest BCUT2D eigenvalue weighted by Gasteiger charge is -2.13. The van der Waals surface area contributed by atoms with Crippen molar-refractivity contribution in [2.24, 2.45) is 5.10 Å². The summed E-state index contributed by atoms with van der Waals surface area (Å²) in [7, 11) is 1.59. The van der Waals surface area contributed by atoms with E-state index in [-0.39, 0.29) is 5.91 Å². The Morgan fingerprint density at radius 3 is 2.41 bits per heavy atom. The number of benzene rings is 3. The molecule has 32 heavy (non-hydrogen) atoms. The average molecular weight is 433 g/mol. The van der Waals surface area contributed by atoms with Crippen molar-refractivity contribution in [3.63, 3.8) is 0 Å². The van der Waals surface area contributed by atoms with Gasteiger partial charge in [-0.2, -0.15) is 5.10 Å². The standard InChI is InChI=1S/C26H28N2O4/c1-19-9-7-12-23(20(19)2)31-15-8-16-32-24-14-13-21(17-25(24)30-3)18-27-28-26(29)22-10-5-4-6-11-22/h4-7,9-14,17-18H,8,15-16H2,1-3H3,(H,28,29)/b27-18-. The fourth-order valence-electron chi connectivity index (χ4n) is 3.01. The maximum absolute atomic E-state index is 12.0. The highest BCUT2D eigenvalue weighted by molar-refractivity contribution is 5.94. The number of carbonyl (C=O) groups is 1. The van der Waals surface area contributed by atoms with Gasteiger partial charge < -0.3 is 14.2 Å². The van der Waals surface area contributed by atoms with Gasteiger partial charge in [-0.1, -0.05) is 30.3 Å². The lowest BCUT2D eigenvalue weighted by atomic mass is 10.1. The number of amides is 1. The van der Waals surface area contributed by atoms with Crippen LogP contribution < -0.4 is 19.6 Å². The van der Waals surface area contributed by atoms with Crippen molar-refractivity contribution >= 4 is 12.1 Å². The molecule has 0 aliphatic carbocycles. The Morgan fingerprint density at radius 2 is 1.66 bits per heavy atom. The summed E-state index contributed by atoms with van der Waals surface area (Å²) in [4.78, 5) is 12.0. The van der Waals surface area contributed by atoms with Crippen LogP contribution in [-0.4, -0.2) is 32.4 Å². The van der Waals surface area contributed by atoms with Gasteiger partial charge in [0.15, 0.2) is 11.5 Å². The Morgan fingerprint density at radius 1 is 0.906 bits per heavy atom. The number of rotatable bonds is 10. The van der Waals surface area contributed by atoms with Gasteiger partial charge in [0, 0.05) is 12.0 Å². The van der Waals surface area contributed by atoms with Crippen LogP contribution in [0.25, 0.3) is 0 Å². The first kappa shape index (κ1) is 22.9. The topological polar surface area (TPSA) is 69.2 Å². The quantitative estimate of drug-likeness (QED) is 0.280. The Kier molecular flexibility index (Phi) is 8.26. The first-order valence-corrected chi connectivity index (χ1v) is 10.5. The van der Waals surface area contributed by atoms with Crippen LogP contribution in [0.2, 0.25) is 0 Å². The highest BCUT2D eigenvalue weighted by atomic mass is 16.5. The molecule has 3 aromatic carbocycles. The van der Waals surface area contributed by atoms with E-state index in [4.69, 9.17) is 14.2 Å². The molecule has 0 atom stereocenters. The smallest absolute Gasteiger partial charge is 0.271 e. The summed E-state index contributed by atoms with van der Waals surface area (Å²) < 4.78 is 17.2. The fraction of sp³-hybridized carbons (Fsp3) is 0.231. The third-order valence-corrected chi connectivity index (χ3v) is 4.96. The monoisotopic (exact) mass is 432 g/mol. The number of hydrazone groups is 1. The van der Waals surface area contributed by atoms with Crippen LogP contribution in [0.15, 0.2) is 71.8 Å². The minimum absolute atomic E-state index is 0.267. The minimum atomic E-state index is -0.267. The number of hydrogen-bond donors (Lipinski definition) is 1. The van der Waals surface area contributed by atoms with E-state index in [1.54, 1.807) is 43.7 Å². The second-order valence-electron chi connectivity index (χ2n) is 7.22. The summed E-state index contributed by atoms with van der Waals surface area (Å²) >= 11 is 0. The minimum Gasteiger partial charge on any atom is -0.493 e. The second kappa shape index (κ2) is 11.6. The predicted molar refractivity (Wildman–Crippen MR) is 126 cm³/mol. The second-order valence-corrected chi connectivity index (χ2v) is 7.22. The van der Waals surface area contributed by atoms with Gasteiger partial charge in [0.1, 0.15) is 5.75 Å². The fourth-order valence-corrected chi connectivity index (χ4v) is 3.01. The molecule has 3 rings (SSSR count). The number of hydrogen-bond acceptors (Lipinski definition) is 5. The van der Waals surface area contributed by atoms with Gasteiger partial charge in [-0.05, 0) is 66.9 Å². The van der Waals surface area contributed by atoms with Crippen molar-refractivity contribution < 1.29 is 19.0 Å². The van der Waals surface area contributed by atoms with E-state index >= 15 is 0 Å². The summed E-state index contributed by atoms with van der Waals surface area (Å²) in [5.74, 6) is 1.88. The van der Waals surface area contributed by atoms with Gasteiger partial charge in [-0.3, -0.25) is 4.79 Å². The van der Waals surface area contributed by atoms with Crippen LogP contribution in [0.1, 0.15) is 33.5 Å². The average Bonchev–Trinajstić information content (AvgIpc) is 2.82. The highest BCUT2D eigenvalue weighted by Crippen LogP contribution is 2.28. The Balaban J connectivity index is 1.48. The van der Waals surface area contributed by atoms with E-state index in [2.05, 4.69) is 30.4 Å². The van der Waals surface area contributed by atoms with Gasteiger partial charge in [-0.25, -0.2) is 5.43 Å². The number of aryl methyl sites for hydroxylation is 1. The lowest BCUT2D eigenvalue weighted by molar-refractivity contribution is 0.0955. The summed E-state index contributed by atoms with van der Waals surface area (Å²) in [6, 6.07) is 20.5. The van der Waals surface area contributed by atoms with Gasteiger partial charge in [0.25, 0.3) is 5.91 Å². The number of nitrogens with one attached hydrogen (secondary N) is 1. The zero-order chi connectivity index (χ0) is 22.8. The highest BCUT2D eigenvalue weighted by Gasteiger charge is 2.07. The lowest BCUT2D eigenvalue weighted by Crippen LogP contribution is -2.17. The predicted octanol–water partition coefficient (Wildman–Crippen LogP) is 4.92. The van der Waals surface area contributed by atoms with E-state index in [1.165, 1.54) is 5.56 Å². The molecular weight excluding hydrogens is 404 g/mol. The molecule has 0 heterocycles. The van der Waals surface area contributed by atoms with Crippen LogP contribution in [0.4, 0.5) is 0 Å². The maximum atomic E-state index is 12.0. The zero-order valence-corrected chi connectivity index (χ0v) is 18.6. The molecule has 0 unspecified atom stereocenters. The molecule has 0 bridgehead atoms. The third kappa shape index (κ3) is 6.35. The van der Waals surface area contributed by atoms with Crippen LogP contribution in [0.5, 0.6) is 17.2 Å². The number of methoxy groups -OCH3 is 1. The largest absolute Gasteiger partial charge is 0.493 e. The summed E-state index contributed by atoms with van der Waals surface area (Å²) in [6.07, 6.45) is 2.30. The molecule has 166 valence electrons. The normalized spacial score (nSPS) is 10.7. The maximum Gasteiger partial charge on any atom is 0.271 e. The zero-order valence-electron chi connectivity index (χ0n) is 18.6. The Bertz CT molecular complexity index is 1060. The van der Waals surface area contributed by atoms with Crippen molar-refractivity contribution in [2.45, 2.75) is 20.3 Å². The number of ether oxygens (including phenoxy) is 3. The molecule has 1 amide bonds. The molecule has 0 aliphatic heterocycles. The summed E-state index contributed by atoms with van der Waals surface area (Å²) in [6.45, 7) is 5.20. The first-order chi connectivity index (χ1) is 15.6. The van der Waals surface area contributed by atoms with Crippen LogP contribution >= 0.6 is 0 Å². The molecule has 6 nitrogen and oxygen atoms in total. The molecular formula is C26H28N2O4. The van der Waals surface area contributed by atoms with Gasteiger partial charge in [0.05, 0.1) is 26.5 Å². The molecule has 0 saturated carbocycles. The Labute approximate surface area is 188 Å². The molecule has 0 fully saturated rings. The SMILES string of the molecule is COc1cc(/C=N\NC(=O)c2ccccc2)ccc1OCCCOc1cccc(C)c1C. The number of nitrogens with zero attached hydrogens (tertiary/aromatic N) is 1. The molecule has 0 aliphatic rings. The van der Waals surface area contributed by atoms with Gasteiger partial charge >= 0.3 is 0 Å². The van der Waals surface area contributed by atoms with Crippen LogP contribution in [0, 0.1) is 13.8 Å². The van der Waals surface area contributed by atoms with Crippen molar-refractivity contribution in [1.29, 1.82) is 0 Å². The van der Waals surface area contributed by atoms with E-state index in [0.29, 0.717) is 30.3 Å². The molecule has 0 radical (unpaired) electrons. The van der Waals surface area contributed by atoms with Crippen molar-refractivity contribution in [2.75, 3.05) is 20.3 Å². The van der Waals surface area contributed by atoms with Crippen LogP contribution in [-0.2, 0) is 0 Å². The summed E-state index contributed by atoms with van der Waals surface area (Å²) in [5.41, 5.74) is 6.21. The molecule has 3 aromatic rings. The van der Waals surface area contributed by atoms with E-state index in [0.717, 1.165) is 23.3 Å². The summed E-state index contributed by atoms with van der Waals surface area (Å²) in [5, 5.41) is 4.01. The molecule has 0 saturated heterocycles. The molecule has 0 spiro atoms. The van der Waals surface area contributed by atoms with Gasteiger partial charge in [-0.15, -0.1) is 0 Å². The van der Waals surface area contributed by atoms with Crippen molar-refractivity contribution in [3.8, 4) is 17.2 Å². The van der Waals surface area contributed by atoms with Crippen molar-refractivity contribution in [1.82, 2.24) is 5.43 Å². The van der Waals surface area contributed by atoms with E-state index < -0.39 is 0 Å². The number of carbonyl (C=O) groups excluding carboxylic acids is 1. The van der Waals surface area contributed by atoms with Crippen LogP contribution in [0.3, 0.4) is 0 Å². The van der Waals surface area contributed by atoms with Gasteiger partial charge in [0.2, 0.25) is 0 Å². The van der Waals surface area contributed by atoms with Crippen molar-refractivity contribution in [3.05, 3.63) is 89.0 Å². The third-order valence-electron chi connectivity index (χ3n) is 4.96.